The second-order valence-electron chi connectivity index (χ2n) is 28.1. The molecule has 0 aromatic heterocycles. The number of aryl methyl sites for hydroxylation is 4. The molecule has 0 aliphatic rings. The highest BCUT2D eigenvalue weighted by Gasteiger charge is 2.16. The van der Waals surface area contributed by atoms with E-state index in [1.165, 1.54) is 134 Å². The van der Waals surface area contributed by atoms with Crippen molar-refractivity contribution in [3.05, 3.63) is 447 Å². The van der Waals surface area contributed by atoms with E-state index in [0.29, 0.717) is 0 Å². The maximum Gasteiger partial charge on any atom is 0.0462 e. The average molecular weight is 1420 g/mol. The van der Waals surface area contributed by atoms with E-state index in [0.717, 1.165) is 45.5 Å². The SMILES string of the molecule is Cc1cc(C)cc(-c2ccc(-c3ccc(-c4ccc(-c5cc(C)cc(C)c5)cc4)cc3)cc2)c1.Nc1ccc(-c2ccc(-c3ccc(-c4ccc(N)cc4)cc3)cc2)cc1.c1ccc(N(c2ccccc2)c2ccc(-c3ccc(-c4ccc(-c5ccc(N(c6ccccc6)c6ccccc6)cc5)cc4)cc3)cc2)cc1. The highest BCUT2D eigenvalue weighted by atomic mass is 15.1. The molecule has 0 spiro atoms. The quantitative estimate of drug-likeness (QED) is 0.0947. The Labute approximate surface area is 648 Å². The second kappa shape index (κ2) is 33.6. The summed E-state index contributed by atoms with van der Waals surface area (Å²) in [5, 5.41) is 0. The van der Waals surface area contributed by atoms with Crippen molar-refractivity contribution >= 4 is 45.5 Å². The highest BCUT2D eigenvalue weighted by molar-refractivity contribution is 5.83. The standard InChI is InChI=1S/C48H36N2.C34H30.C24H20N2/c1-5-13-43(14-6-1)49(44-15-7-2-8-16-44)47-33-29-41(30-34-47)39-25-21-37(22-26-39)38-23-27-40(28-24-38)42-31-35-48(36-32-42)50(45-17-9-3-10-18-45)46-19-11-4-12-20-46;1-23-17-24(2)20-33(19-23)31-13-9-29(10-14-31)27-5-7-28(8-6-27)30-11-15-32(16-12-30)34-21-25(3)18-26(4)22-34;25-23-13-9-21(10-14-23)19-5-1-17(2-6-19)18-3-7-20(8-4-18)22-11-15-24(26)16-12-22/h1-36H;5-22H,1-4H3;1-16H,25-26H2. The molecule has 530 valence electrons. The number of nitrogen functional groups attached to an aromatic ring is 2. The molecular weight excluding hydrogens is 1330 g/mol. The number of anilines is 8. The summed E-state index contributed by atoms with van der Waals surface area (Å²) in [6.07, 6.45) is 0. The summed E-state index contributed by atoms with van der Waals surface area (Å²) in [6, 6.07) is 151. The molecule has 0 amide bonds. The van der Waals surface area contributed by atoms with Crippen LogP contribution in [0.5, 0.6) is 0 Å². The molecule has 0 radical (unpaired) electrons. The lowest BCUT2D eigenvalue weighted by atomic mass is 9.95. The van der Waals surface area contributed by atoms with E-state index in [9.17, 15) is 0 Å². The average Bonchev–Trinajstić information content (AvgIpc) is 0.913. The number of rotatable bonds is 16. The first kappa shape index (κ1) is 71.5. The van der Waals surface area contributed by atoms with Crippen LogP contribution in [0.15, 0.2) is 425 Å². The molecule has 0 saturated carbocycles. The van der Waals surface area contributed by atoms with Crippen molar-refractivity contribution in [3.63, 3.8) is 0 Å². The fraction of sp³-hybridized carbons (Fsp3) is 0.0377. The monoisotopic (exact) mass is 1410 g/mol. The van der Waals surface area contributed by atoms with Gasteiger partial charge in [0.1, 0.15) is 0 Å². The third-order valence-corrected chi connectivity index (χ3v) is 20.1. The minimum absolute atomic E-state index is 0.784. The van der Waals surface area contributed by atoms with Gasteiger partial charge in [-0.15, -0.1) is 0 Å². The van der Waals surface area contributed by atoms with E-state index in [4.69, 9.17) is 11.5 Å². The van der Waals surface area contributed by atoms with Crippen molar-refractivity contribution in [2.45, 2.75) is 27.7 Å². The van der Waals surface area contributed by atoms with Crippen molar-refractivity contribution in [3.8, 4) is 111 Å². The van der Waals surface area contributed by atoms with Gasteiger partial charge in [0.15, 0.2) is 0 Å². The molecule has 17 rings (SSSR count). The Kier molecular flexibility index (Phi) is 21.8. The van der Waals surface area contributed by atoms with Gasteiger partial charge in [0.2, 0.25) is 0 Å². The Morgan fingerprint density at radius 2 is 0.264 bits per heavy atom. The van der Waals surface area contributed by atoms with E-state index in [1.54, 1.807) is 0 Å². The van der Waals surface area contributed by atoms with Crippen LogP contribution in [0.2, 0.25) is 0 Å². The van der Waals surface area contributed by atoms with Crippen LogP contribution in [0.1, 0.15) is 22.3 Å². The molecule has 0 saturated heterocycles. The fourth-order valence-electron chi connectivity index (χ4n) is 14.4. The molecule has 0 unspecified atom stereocenters. The molecule has 17 aromatic carbocycles. The smallest absolute Gasteiger partial charge is 0.0462 e. The van der Waals surface area contributed by atoms with Gasteiger partial charge in [-0.3, -0.25) is 0 Å². The molecule has 0 aliphatic heterocycles. The summed E-state index contributed by atoms with van der Waals surface area (Å²) in [6.45, 7) is 8.62. The summed E-state index contributed by atoms with van der Waals surface area (Å²) < 4.78 is 0. The molecule has 0 heterocycles. The normalized spacial score (nSPS) is 10.8. The van der Waals surface area contributed by atoms with Crippen molar-refractivity contribution in [1.82, 2.24) is 0 Å². The number of para-hydroxylation sites is 4. The molecule has 4 N–H and O–H groups in total. The molecule has 0 atom stereocenters. The third kappa shape index (κ3) is 17.4. The zero-order chi connectivity index (χ0) is 75.1. The van der Waals surface area contributed by atoms with Gasteiger partial charge in [-0.2, -0.15) is 0 Å². The number of hydrogen-bond acceptors (Lipinski definition) is 4. The minimum Gasteiger partial charge on any atom is -0.399 e. The summed E-state index contributed by atoms with van der Waals surface area (Å²) in [7, 11) is 0. The van der Waals surface area contributed by atoms with E-state index in [2.05, 4.69) is 414 Å². The number of hydrogen-bond donors (Lipinski definition) is 2. The van der Waals surface area contributed by atoms with Gasteiger partial charge in [-0.05, 0) is 236 Å². The van der Waals surface area contributed by atoms with E-state index < -0.39 is 0 Å². The Hall–Kier alpha value is -14.1. The molecule has 0 bridgehead atoms. The zero-order valence-electron chi connectivity index (χ0n) is 62.5. The van der Waals surface area contributed by atoms with Crippen molar-refractivity contribution < 1.29 is 0 Å². The maximum absolute atomic E-state index is 5.76. The summed E-state index contributed by atoms with van der Waals surface area (Å²) in [5.41, 5.74) is 49.4. The Morgan fingerprint density at radius 3 is 0.427 bits per heavy atom. The molecule has 110 heavy (non-hydrogen) atoms. The van der Waals surface area contributed by atoms with Crippen LogP contribution in [0.4, 0.5) is 45.5 Å². The largest absolute Gasteiger partial charge is 0.399 e. The predicted molar refractivity (Wildman–Crippen MR) is 471 cm³/mol. The first-order valence-electron chi connectivity index (χ1n) is 37.6. The van der Waals surface area contributed by atoms with Crippen molar-refractivity contribution in [2.24, 2.45) is 0 Å². The van der Waals surface area contributed by atoms with Gasteiger partial charge in [-0.25, -0.2) is 0 Å². The van der Waals surface area contributed by atoms with Crippen LogP contribution in [0, 0.1) is 27.7 Å². The fourth-order valence-corrected chi connectivity index (χ4v) is 14.4. The van der Waals surface area contributed by atoms with Crippen LogP contribution >= 0.6 is 0 Å². The van der Waals surface area contributed by atoms with Crippen LogP contribution in [-0.4, -0.2) is 0 Å². The van der Waals surface area contributed by atoms with Gasteiger partial charge >= 0.3 is 0 Å². The van der Waals surface area contributed by atoms with E-state index >= 15 is 0 Å². The molecule has 4 nitrogen and oxygen atoms in total. The highest BCUT2D eigenvalue weighted by Crippen LogP contribution is 2.40. The Morgan fingerprint density at radius 1 is 0.136 bits per heavy atom. The van der Waals surface area contributed by atoms with Gasteiger partial charge in [0.05, 0.1) is 0 Å². The molecule has 0 aliphatic carbocycles. The van der Waals surface area contributed by atoms with Crippen molar-refractivity contribution in [1.29, 1.82) is 0 Å². The Balaban J connectivity index is 0.000000139. The second-order valence-corrected chi connectivity index (χ2v) is 28.1. The third-order valence-electron chi connectivity index (χ3n) is 20.1. The van der Waals surface area contributed by atoms with Crippen LogP contribution in [-0.2, 0) is 0 Å². The summed E-state index contributed by atoms with van der Waals surface area (Å²) in [5.74, 6) is 0. The molecular formula is C106H86N4. The van der Waals surface area contributed by atoms with Crippen LogP contribution in [0.25, 0.3) is 111 Å². The van der Waals surface area contributed by atoms with Gasteiger partial charge in [0, 0.05) is 45.5 Å². The maximum atomic E-state index is 5.76. The first-order chi connectivity index (χ1) is 53.9. The lowest BCUT2D eigenvalue weighted by Gasteiger charge is -2.25. The number of nitrogens with zero attached hydrogens (tertiary/aromatic N) is 2. The van der Waals surface area contributed by atoms with Crippen LogP contribution in [0.3, 0.4) is 0 Å². The lowest BCUT2D eigenvalue weighted by molar-refractivity contribution is 1.28. The van der Waals surface area contributed by atoms with Gasteiger partial charge in [-0.1, -0.05) is 350 Å². The van der Waals surface area contributed by atoms with Crippen molar-refractivity contribution in [2.75, 3.05) is 21.3 Å². The van der Waals surface area contributed by atoms with Gasteiger partial charge < -0.3 is 21.3 Å². The van der Waals surface area contributed by atoms with Gasteiger partial charge in [0.25, 0.3) is 0 Å². The van der Waals surface area contributed by atoms with E-state index in [-0.39, 0.29) is 0 Å². The number of nitrogens with two attached hydrogens (primary N) is 2. The minimum atomic E-state index is 0.784. The number of benzene rings is 17. The first-order valence-corrected chi connectivity index (χ1v) is 37.6. The van der Waals surface area contributed by atoms with E-state index in [1.807, 2.05) is 48.5 Å². The zero-order valence-corrected chi connectivity index (χ0v) is 62.5. The van der Waals surface area contributed by atoms with Crippen LogP contribution < -0.4 is 21.3 Å². The topological polar surface area (TPSA) is 58.5 Å². The Bertz CT molecular complexity index is 5330. The summed E-state index contributed by atoms with van der Waals surface area (Å²) in [4.78, 5) is 4.57. The lowest BCUT2D eigenvalue weighted by Crippen LogP contribution is -2.09. The molecule has 0 fully saturated rings. The molecule has 4 heteroatoms. The summed E-state index contributed by atoms with van der Waals surface area (Å²) >= 11 is 0. The predicted octanol–water partition coefficient (Wildman–Crippen LogP) is 29.1. The molecule has 17 aromatic rings.